The van der Waals surface area contributed by atoms with Crippen LogP contribution in [-0.4, -0.2) is 35.3 Å². The molecule has 2 rings (SSSR count). The lowest BCUT2D eigenvalue weighted by Crippen LogP contribution is -2.26. The molecule has 1 heterocycles. The number of nitrogens with one attached hydrogen (secondary N) is 1. The van der Waals surface area contributed by atoms with Crippen molar-refractivity contribution in [3.05, 3.63) is 41.6 Å². The van der Waals surface area contributed by atoms with E-state index in [2.05, 4.69) is 15.2 Å². The van der Waals surface area contributed by atoms with Crippen LogP contribution in [0.15, 0.2) is 30.5 Å². The Morgan fingerprint density at radius 1 is 1.35 bits per heavy atom. The first-order valence-corrected chi connectivity index (χ1v) is 7.54. The van der Waals surface area contributed by atoms with E-state index < -0.39 is 0 Å². The van der Waals surface area contributed by atoms with Gasteiger partial charge in [0.1, 0.15) is 0 Å². The van der Waals surface area contributed by atoms with Crippen molar-refractivity contribution in [2.45, 2.75) is 26.8 Å². The van der Waals surface area contributed by atoms with E-state index in [-0.39, 0.29) is 24.8 Å². The van der Waals surface area contributed by atoms with Crippen molar-refractivity contribution in [3.63, 3.8) is 0 Å². The van der Waals surface area contributed by atoms with Crippen LogP contribution < -0.4 is 5.32 Å². The van der Waals surface area contributed by atoms with Crippen LogP contribution in [0.4, 0.5) is 0 Å². The number of aromatic nitrogens is 2. The smallest absolute Gasteiger partial charge is 0.307 e. The molecular weight excluding hydrogens is 294 g/mol. The number of amides is 1. The van der Waals surface area contributed by atoms with E-state index in [1.165, 1.54) is 7.11 Å². The summed E-state index contributed by atoms with van der Waals surface area (Å²) in [5, 5.41) is 7.05. The number of carbonyl (C=O) groups is 2. The van der Waals surface area contributed by atoms with E-state index in [4.69, 9.17) is 0 Å². The van der Waals surface area contributed by atoms with Crippen molar-refractivity contribution in [1.82, 2.24) is 15.1 Å². The number of methoxy groups -OCH3 is 1. The van der Waals surface area contributed by atoms with E-state index in [0.717, 1.165) is 23.4 Å². The summed E-state index contributed by atoms with van der Waals surface area (Å²) in [6, 6.07) is 7.39. The molecular formula is C17H21N3O3. The largest absolute Gasteiger partial charge is 0.469 e. The summed E-state index contributed by atoms with van der Waals surface area (Å²) in [6.45, 7) is 5.04. The molecule has 23 heavy (non-hydrogen) atoms. The molecule has 0 saturated carbocycles. The molecule has 122 valence electrons. The summed E-state index contributed by atoms with van der Waals surface area (Å²) < 4.78 is 6.45. The quantitative estimate of drug-likeness (QED) is 0.829. The minimum Gasteiger partial charge on any atom is -0.469 e. The number of nitrogens with zero attached hydrogens (tertiary/aromatic N) is 2. The molecule has 0 spiro atoms. The van der Waals surface area contributed by atoms with Crippen molar-refractivity contribution in [2.24, 2.45) is 0 Å². The molecule has 0 atom stereocenters. The van der Waals surface area contributed by atoms with Gasteiger partial charge in [-0.25, -0.2) is 0 Å². The fourth-order valence-electron chi connectivity index (χ4n) is 2.39. The summed E-state index contributed by atoms with van der Waals surface area (Å²) in [5.74, 6) is -0.558. The third kappa shape index (κ3) is 3.97. The highest BCUT2D eigenvalue weighted by molar-refractivity contribution is 5.95. The minimum absolute atomic E-state index is 0.156. The number of carbonyl (C=O) groups excluding carboxylic acids is 2. The number of hydrogen-bond donors (Lipinski definition) is 1. The molecule has 1 aromatic heterocycles. The van der Waals surface area contributed by atoms with Crippen molar-refractivity contribution >= 4 is 11.9 Å². The molecule has 0 unspecified atom stereocenters. The average molecular weight is 315 g/mol. The van der Waals surface area contributed by atoms with Gasteiger partial charge in [0.25, 0.3) is 5.91 Å². The van der Waals surface area contributed by atoms with Crippen LogP contribution in [-0.2, 0) is 16.1 Å². The van der Waals surface area contributed by atoms with Crippen molar-refractivity contribution in [2.75, 3.05) is 13.7 Å². The Balaban J connectivity index is 2.15. The summed E-state index contributed by atoms with van der Waals surface area (Å²) in [6.07, 6.45) is 1.98. The van der Waals surface area contributed by atoms with E-state index in [1.54, 1.807) is 6.07 Å². The normalized spacial score (nSPS) is 10.4. The zero-order valence-electron chi connectivity index (χ0n) is 13.6. The summed E-state index contributed by atoms with van der Waals surface area (Å²) in [7, 11) is 1.33. The van der Waals surface area contributed by atoms with Gasteiger partial charge in [0.2, 0.25) is 0 Å². The van der Waals surface area contributed by atoms with Crippen LogP contribution in [0, 0.1) is 6.92 Å². The lowest BCUT2D eigenvalue weighted by Gasteiger charge is -2.09. The van der Waals surface area contributed by atoms with Gasteiger partial charge >= 0.3 is 5.97 Å². The zero-order chi connectivity index (χ0) is 16.8. The highest BCUT2D eigenvalue weighted by Crippen LogP contribution is 2.24. The molecule has 0 aliphatic heterocycles. The molecule has 1 amide bonds. The Kier molecular flexibility index (Phi) is 5.51. The van der Waals surface area contributed by atoms with E-state index in [1.807, 2.05) is 42.9 Å². The Bertz CT molecular complexity index is 707. The van der Waals surface area contributed by atoms with Crippen molar-refractivity contribution < 1.29 is 14.3 Å². The van der Waals surface area contributed by atoms with Crippen molar-refractivity contribution in [3.8, 4) is 11.3 Å². The van der Waals surface area contributed by atoms with Crippen LogP contribution >= 0.6 is 0 Å². The molecule has 6 nitrogen and oxygen atoms in total. The van der Waals surface area contributed by atoms with Crippen LogP contribution in [0.1, 0.15) is 29.3 Å². The number of benzene rings is 1. The Labute approximate surface area is 135 Å². The Hall–Kier alpha value is -2.63. The number of aryl methyl sites for hydroxylation is 2. The molecule has 6 heteroatoms. The predicted molar refractivity (Wildman–Crippen MR) is 87.0 cm³/mol. The minimum atomic E-state index is -0.346. The van der Waals surface area contributed by atoms with Crippen LogP contribution in [0.5, 0.6) is 0 Å². The second-order valence-corrected chi connectivity index (χ2v) is 5.15. The summed E-state index contributed by atoms with van der Waals surface area (Å²) in [5.41, 5.74) is 3.57. The second kappa shape index (κ2) is 7.58. The van der Waals surface area contributed by atoms with Gasteiger partial charge in [0.15, 0.2) is 0 Å². The predicted octanol–water partition coefficient (Wildman–Crippen LogP) is 2.17. The lowest BCUT2D eigenvalue weighted by molar-refractivity contribution is -0.140. The van der Waals surface area contributed by atoms with E-state index >= 15 is 0 Å². The fraction of sp³-hybridized carbons (Fsp3) is 0.353. The van der Waals surface area contributed by atoms with Gasteiger partial charge in [0.05, 0.1) is 25.4 Å². The highest BCUT2D eigenvalue weighted by atomic mass is 16.5. The molecule has 1 aromatic carbocycles. The van der Waals surface area contributed by atoms with E-state index in [9.17, 15) is 9.59 Å². The number of hydrogen-bond acceptors (Lipinski definition) is 4. The van der Waals surface area contributed by atoms with Gasteiger partial charge in [-0.15, -0.1) is 0 Å². The van der Waals surface area contributed by atoms with Gasteiger partial charge in [-0.05, 0) is 31.5 Å². The van der Waals surface area contributed by atoms with Gasteiger partial charge in [0, 0.05) is 24.2 Å². The maximum Gasteiger partial charge on any atom is 0.307 e. The molecule has 1 N–H and O–H groups in total. The average Bonchev–Trinajstić information content (AvgIpc) is 2.95. The number of ether oxygens (including phenoxy) is 1. The summed E-state index contributed by atoms with van der Waals surface area (Å²) >= 11 is 0. The molecule has 0 fully saturated rings. The maximum atomic E-state index is 12.2. The van der Waals surface area contributed by atoms with E-state index in [0.29, 0.717) is 5.56 Å². The third-order valence-corrected chi connectivity index (χ3v) is 3.56. The fourth-order valence-corrected chi connectivity index (χ4v) is 2.39. The Morgan fingerprint density at radius 3 is 2.83 bits per heavy atom. The third-order valence-electron chi connectivity index (χ3n) is 3.56. The molecule has 0 aliphatic carbocycles. The molecule has 0 bridgehead atoms. The van der Waals surface area contributed by atoms with Crippen LogP contribution in [0.2, 0.25) is 0 Å². The second-order valence-electron chi connectivity index (χ2n) is 5.15. The van der Waals surface area contributed by atoms with Crippen LogP contribution in [0.25, 0.3) is 11.3 Å². The SMILES string of the molecule is CCn1ncc(C)c1-c1cccc(C(=O)NCCC(=O)OC)c1. The Morgan fingerprint density at radius 2 is 2.13 bits per heavy atom. The maximum absolute atomic E-state index is 12.2. The topological polar surface area (TPSA) is 73.2 Å². The first kappa shape index (κ1) is 16.7. The number of esters is 1. The molecule has 2 aromatic rings. The van der Waals surface area contributed by atoms with Crippen LogP contribution in [0.3, 0.4) is 0 Å². The van der Waals surface area contributed by atoms with Gasteiger partial charge in [-0.2, -0.15) is 5.10 Å². The molecule has 0 saturated heterocycles. The zero-order valence-corrected chi connectivity index (χ0v) is 13.6. The first-order chi connectivity index (χ1) is 11.1. The standard InChI is InChI=1S/C17H21N3O3/c1-4-20-16(12(2)11-19-20)13-6-5-7-14(10-13)17(22)18-9-8-15(21)23-3/h5-7,10-11H,4,8-9H2,1-3H3,(H,18,22). The lowest BCUT2D eigenvalue weighted by atomic mass is 10.0. The first-order valence-electron chi connectivity index (χ1n) is 7.54. The van der Waals surface area contributed by atoms with Gasteiger partial charge < -0.3 is 10.1 Å². The van der Waals surface area contributed by atoms with Gasteiger partial charge in [-0.1, -0.05) is 12.1 Å². The van der Waals surface area contributed by atoms with Crippen molar-refractivity contribution in [1.29, 1.82) is 0 Å². The summed E-state index contributed by atoms with van der Waals surface area (Å²) in [4.78, 5) is 23.3. The monoisotopic (exact) mass is 315 g/mol. The molecule has 0 radical (unpaired) electrons. The van der Waals surface area contributed by atoms with Gasteiger partial charge in [-0.3, -0.25) is 14.3 Å². The molecule has 0 aliphatic rings. The highest BCUT2D eigenvalue weighted by Gasteiger charge is 2.12. The number of rotatable bonds is 6.